The van der Waals surface area contributed by atoms with E-state index in [-0.39, 0.29) is 17.4 Å². The fourth-order valence-corrected chi connectivity index (χ4v) is 2.47. The van der Waals surface area contributed by atoms with E-state index in [1.807, 2.05) is 30.3 Å². The van der Waals surface area contributed by atoms with Crippen LogP contribution >= 0.6 is 0 Å². The third-order valence-corrected chi connectivity index (χ3v) is 3.85. The van der Waals surface area contributed by atoms with Crippen molar-refractivity contribution in [1.29, 1.82) is 0 Å². The standard InChI is InChI=1S/C20H19FN4O/c21-17-9-5-4-8-16(17)10-11-22-19-12-18(24-14-25-19)20(26)23-13-15-6-2-1-3-7-15/h1-9,12,14H,10-11,13H2,(H,23,26)(H,22,24,25). The zero-order valence-electron chi connectivity index (χ0n) is 14.2. The second-order valence-corrected chi connectivity index (χ2v) is 5.72. The summed E-state index contributed by atoms with van der Waals surface area (Å²) in [5, 5.41) is 5.92. The van der Waals surface area contributed by atoms with Gasteiger partial charge in [-0.1, -0.05) is 48.5 Å². The summed E-state index contributed by atoms with van der Waals surface area (Å²) in [5.41, 5.74) is 1.93. The zero-order chi connectivity index (χ0) is 18.2. The summed E-state index contributed by atoms with van der Waals surface area (Å²) in [6, 6.07) is 17.9. The van der Waals surface area contributed by atoms with Crippen LogP contribution in [0.25, 0.3) is 0 Å². The maximum Gasteiger partial charge on any atom is 0.270 e. The number of nitrogens with zero attached hydrogens (tertiary/aromatic N) is 2. The van der Waals surface area contributed by atoms with Crippen LogP contribution in [0.2, 0.25) is 0 Å². The van der Waals surface area contributed by atoms with Crippen molar-refractivity contribution in [2.45, 2.75) is 13.0 Å². The molecule has 0 atom stereocenters. The lowest BCUT2D eigenvalue weighted by atomic mass is 10.1. The largest absolute Gasteiger partial charge is 0.370 e. The Morgan fingerprint density at radius 2 is 1.77 bits per heavy atom. The van der Waals surface area contributed by atoms with Crippen LogP contribution in [0.3, 0.4) is 0 Å². The second kappa shape index (κ2) is 8.71. The predicted octanol–water partition coefficient (Wildman–Crippen LogP) is 3.20. The van der Waals surface area contributed by atoms with Gasteiger partial charge in [-0.05, 0) is 23.6 Å². The summed E-state index contributed by atoms with van der Waals surface area (Å²) in [6.45, 7) is 0.933. The molecule has 0 saturated carbocycles. The highest BCUT2D eigenvalue weighted by molar-refractivity contribution is 5.92. The number of amides is 1. The third kappa shape index (κ3) is 4.86. The van der Waals surface area contributed by atoms with Gasteiger partial charge in [0.05, 0.1) is 0 Å². The first-order valence-corrected chi connectivity index (χ1v) is 8.34. The Morgan fingerprint density at radius 3 is 2.58 bits per heavy atom. The molecule has 3 aromatic rings. The van der Waals surface area contributed by atoms with E-state index < -0.39 is 0 Å². The summed E-state index contributed by atoms with van der Waals surface area (Å²) < 4.78 is 13.6. The first-order valence-electron chi connectivity index (χ1n) is 8.34. The van der Waals surface area contributed by atoms with E-state index in [4.69, 9.17) is 0 Å². The molecule has 0 spiro atoms. The van der Waals surface area contributed by atoms with Crippen molar-refractivity contribution in [2.24, 2.45) is 0 Å². The van der Waals surface area contributed by atoms with Crippen molar-refractivity contribution in [2.75, 3.05) is 11.9 Å². The fourth-order valence-electron chi connectivity index (χ4n) is 2.47. The van der Waals surface area contributed by atoms with Gasteiger partial charge in [0.1, 0.15) is 23.7 Å². The molecule has 1 aromatic heterocycles. The molecular weight excluding hydrogens is 331 g/mol. The topological polar surface area (TPSA) is 66.9 Å². The smallest absolute Gasteiger partial charge is 0.270 e. The van der Waals surface area contributed by atoms with Gasteiger partial charge in [0, 0.05) is 19.2 Å². The summed E-state index contributed by atoms with van der Waals surface area (Å²) in [5.74, 6) is 0.0348. The highest BCUT2D eigenvalue weighted by atomic mass is 19.1. The molecule has 0 bridgehead atoms. The number of carbonyl (C=O) groups excluding carboxylic acids is 1. The van der Waals surface area contributed by atoms with Crippen LogP contribution < -0.4 is 10.6 Å². The Labute approximate surface area is 151 Å². The van der Waals surface area contributed by atoms with E-state index in [0.717, 1.165) is 5.56 Å². The number of hydrogen-bond donors (Lipinski definition) is 2. The Kier molecular flexibility index (Phi) is 5.88. The summed E-state index contributed by atoms with van der Waals surface area (Å²) in [6.07, 6.45) is 1.86. The Hall–Kier alpha value is -3.28. The van der Waals surface area contributed by atoms with Crippen molar-refractivity contribution in [3.63, 3.8) is 0 Å². The molecule has 0 unspecified atom stereocenters. The van der Waals surface area contributed by atoms with E-state index in [2.05, 4.69) is 20.6 Å². The van der Waals surface area contributed by atoms with Gasteiger partial charge in [-0.15, -0.1) is 0 Å². The quantitative estimate of drug-likeness (QED) is 0.687. The first-order chi connectivity index (χ1) is 12.7. The van der Waals surface area contributed by atoms with Crippen molar-refractivity contribution in [1.82, 2.24) is 15.3 Å². The first kappa shape index (κ1) is 17.5. The Bertz CT molecular complexity index is 870. The minimum Gasteiger partial charge on any atom is -0.370 e. The lowest BCUT2D eigenvalue weighted by Crippen LogP contribution is -2.24. The molecular formula is C20H19FN4O. The van der Waals surface area contributed by atoms with Gasteiger partial charge in [0.15, 0.2) is 0 Å². The van der Waals surface area contributed by atoms with Crippen LogP contribution in [0.4, 0.5) is 10.2 Å². The maximum absolute atomic E-state index is 13.6. The van der Waals surface area contributed by atoms with Crippen molar-refractivity contribution in [3.05, 3.63) is 89.6 Å². The van der Waals surface area contributed by atoms with Gasteiger partial charge >= 0.3 is 0 Å². The molecule has 2 N–H and O–H groups in total. The monoisotopic (exact) mass is 350 g/mol. The molecule has 26 heavy (non-hydrogen) atoms. The maximum atomic E-state index is 13.6. The van der Waals surface area contributed by atoms with E-state index in [0.29, 0.717) is 30.9 Å². The van der Waals surface area contributed by atoms with E-state index in [1.54, 1.807) is 24.3 Å². The highest BCUT2D eigenvalue weighted by Crippen LogP contribution is 2.09. The lowest BCUT2D eigenvalue weighted by molar-refractivity contribution is 0.0946. The molecule has 0 saturated heterocycles. The molecule has 132 valence electrons. The number of hydrogen-bond acceptors (Lipinski definition) is 4. The summed E-state index contributed by atoms with van der Waals surface area (Å²) in [4.78, 5) is 20.3. The molecule has 0 fully saturated rings. The molecule has 3 rings (SSSR count). The van der Waals surface area contributed by atoms with Gasteiger partial charge in [-0.2, -0.15) is 0 Å². The predicted molar refractivity (Wildman–Crippen MR) is 98.2 cm³/mol. The number of nitrogens with one attached hydrogen (secondary N) is 2. The van der Waals surface area contributed by atoms with Crippen LogP contribution in [0.1, 0.15) is 21.6 Å². The van der Waals surface area contributed by atoms with Crippen molar-refractivity contribution in [3.8, 4) is 0 Å². The van der Waals surface area contributed by atoms with Gasteiger partial charge in [-0.3, -0.25) is 4.79 Å². The number of rotatable bonds is 7. The Balaban J connectivity index is 1.54. The van der Waals surface area contributed by atoms with Crippen LogP contribution in [0.5, 0.6) is 0 Å². The number of halogens is 1. The Morgan fingerprint density at radius 1 is 1.00 bits per heavy atom. The van der Waals surface area contributed by atoms with Gasteiger partial charge in [-0.25, -0.2) is 14.4 Å². The second-order valence-electron chi connectivity index (χ2n) is 5.72. The SMILES string of the molecule is O=C(NCc1ccccc1)c1cc(NCCc2ccccc2F)ncn1. The van der Waals surface area contributed by atoms with E-state index in [1.165, 1.54) is 12.4 Å². The lowest BCUT2D eigenvalue weighted by Gasteiger charge is -2.08. The van der Waals surface area contributed by atoms with Crippen LogP contribution in [0.15, 0.2) is 67.0 Å². The molecule has 5 nitrogen and oxygen atoms in total. The average Bonchev–Trinajstić information content (AvgIpc) is 2.69. The third-order valence-electron chi connectivity index (χ3n) is 3.85. The van der Waals surface area contributed by atoms with Gasteiger partial charge < -0.3 is 10.6 Å². The molecule has 2 aromatic carbocycles. The van der Waals surface area contributed by atoms with E-state index in [9.17, 15) is 9.18 Å². The fraction of sp³-hybridized carbons (Fsp3) is 0.150. The normalized spacial score (nSPS) is 10.3. The number of carbonyl (C=O) groups is 1. The van der Waals surface area contributed by atoms with Crippen LogP contribution in [-0.4, -0.2) is 22.4 Å². The summed E-state index contributed by atoms with van der Waals surface area (Å²) in [7, 11) is 0. The zero-order valence-corrected chi connectivity index (χ0v) is 14.2. The summed E-state index contributed by atoms with van der Waals surface area (Å²) >= 11 is 0. The molecule has 0 aliphatic rings. The van der Waals surface area contributed by atoms with E-state index >= 15 is 0 Å². The molecule has 0 aliphatic heterocycles. The number of aromatic nitrogens is 2. The van der Waals surface area contributed by atoms with Crippen molar-refractivity contribution < 1.29 is 9.18 Å². The molecule has 6 heteroatoms. The van der Waals surface area contributed by atoms with Gasteiger partial charge in [0.25, 0.3) is 5.91 Å². The molecule has 1 amide bonds. The van der Waals surface area contributed by atoms with Crippen LogP contribution in [0, 0.1) is 5.82 Å². The minimum atomic E-state index is -0.270. The molecule has 0 aliphatic carbocycles. The molecule has 1 heterocycles. The number of benzene rings is 2. The average molecular weight is 350 g/mol. The van der Waals surface area contributed by atoms with Crippen molar-refractivity contribution >= 4 is 11.7 Å². The van der Waals surface area contributed by atoms with Gasteiger partial charge in [0.2, 0.25) is 0 Å². The number of anilines is 1. The molecule has 0 radical (unpaired) electrons. The minimum absolute atomic E-state index is 0.224. The van der Waals surface area contributed by atoms with Crippen LogP contribution in [-0.2, 0) is 13.0 Å². The highest BCUT2D eigenvalue weighted by Gasteiger charge is 2.08.